The Morgan fingerprint density at radius 2 is 2.00 bits per heavy atom. The highest BCUT2D eigenvalue weighted by atomic mass is 16.5. The second-order valence-corrected chi connectivity index (χ2v) is 5.35. The molecule has 2 aliphatic heterocycles. The van der Waals surface area contributed by atoms with Gasteiger partial charge in [0.05, 0.1) is 6.10 Å². The predicted octanol–water partition coefficient (Wildman–Crippen LogP) is 0.550. The van der Waals surface area contributed by atoms with Gasteiger partial charge in [-0.25, -0.2) is 4.79 Å². The summed E-state index contributed by atoms with van der Waals surface area (Å²) >= 11 is 0. The minimum absolute atomic E-state index is 0.192. The molecule has 2 heterocycles. The molecule has 6 nitrogen and oxygen atoms in total. The Balaban J connectivity index is 1.71. The lowest BCUT2D eigenvalue weighted by Crippen LogP contribution is -2.40. The van der Waals surface area contributed by atoms with Crippen LogP contribution in [0, 0.1) is 5.92 Å². The molecular weight excluding hydrogens is 250 g/mol. The lowest BCUT2D eigenvalue weighted by Gasteiger charge is -2.27. The minimum Gasteiger partial charge on any atom is -0.479 e. The van der Waals surface area contributed by atoms with E-state index in [4.69, 9.17) is 14.6 Å². The number of carboxylic acid groups (broad SMARTS) is 1. The third kappa shape index (κ3) is 3.91. The van der Waals surface area contributed by atoms with E-state index in [2.05, 4.69) is 5.32 Å². The number of carbonyl (C=O) groups is 2. The second kappa shape index (κ2) is 6.34. The van der Waals surface area contributed by atoms with Crippen LogP contribution < -0.4 is 5.32 Å². The van der Waals surface area contributed by atoms with Gasteiger partial charge in [-0.1, -0.05) is 0 Å². The van der Waals surface area contributed by atoms with Crippen LogP contribution in [0.2, 0.25) is 0 Å². The number of hydrogen-bond acceptors (Lipinski definition) is 4. The number of hydrogen-bond donors (Lipinski definition) is 2. The largest absolute Gasteiger partial charge is 0.479 e. The summed E-state index contributed by atoms with van der Waals surface area (Å²) in [6, 6.07) is 0. The van der Waals surface area contributed by atoms with Crippen LogP contribution in [0.1, 0.15) is 32.6 Å². The molecule has 6 heteroatoms. The van der Waals surface area contributed by atoms with E-state index in [0.717, 1.165) is 19.4 Å². The number of ether oxygens (including phenoxy) is 2. The molecule has 4 atom stereocenters. The van der Waals surface area contributed by atoms with Gasteiger partial charge in [-0.05, 0) is 38.5 Å². The fraction of sp³-hybridized carbons (Fsp3) is 0.846. The summed E-state index contributed by atoms with van der Waals surface area (Å²) < 4.78 is 10.7. The van der Waals surface area contributed by atoms with Gasteiger partial charge >= 0.3 is 5.97 Å². The summed E-state index contributed by atoms with van der Waals surface area (Å²) in [5, 5.41) is 11.7. The summed E-state index contributed by atoms with van der Waals surface area (Å²) in [7, 11) is 0. The maximum atomic E-state index is 11.9. The fourth-order valence-electron chi connectivity index (χ4n) is 2.65. The molecule has 0 aromatic carbocycles. The standard InChI is InChI=1S/C13H21NO5/c1-8-6-9(4-5-18-8)7-14-12(15)10-2-3-11(19-10)13(16)17/h8-11H,2-7H2,1H3,(H,14,15)(H,16,17)/t8?,9?,10-,11+/m0/s1. The number of amides is 1. The van der Waals surface area contributed by atoms with E-state index in [1.54, 1.807) is 0 Å². The number of rotatable bonds is 4. The van der Waals surface area contributed by atoms with E-state index in [1.165, 1.54) is 0 Å². The molecule has 0 radical (unpaired) electrons. The molecule has 2 N–H and O–H groups in total. The maximum Gasteiger partial charge on any atom is 0.332 e. The van der Waals surface area contributed by atoms with Crippen LogP contribution in [0.3, 0.4) is 0 Å². The van der Waals surface area contributed by atoms with E-state index < -0.39 is 18.2 Å². The van der Waals surface area contributed by atoms with Gasteiger partial charge in [-0.3, -0.25) is 4.79 Å². The second-order valence-electron chi connectivity index (χ2n) is 5.35. The van der Waals surface area contributed by atoms with Gasteiger partial charge < -0.3 is 19.9 Å². The Bertz CT molecular complexity index is 346. The predicted molar refractivity (Wildman–Crippen MR) is 66.7 cm³/mol. The molecule has 2 saturated heterocycles. The number of aliphatic carboxylic acids is 1. The molecular formula is C13H21NO5. The zero-order valence-corrected chi connectivity index (χ0v) is 11.1. The van der Waals surface area contributed by atoms with Gasteiger partial charge in [0.25, 0.3) is 0 Å². The molecule has 0 aliphatic carbocycles. The molecule has 2 aliphatic rings. The minimum atomic E-state index is -0.992. The summed E-state index contributed by atoms with van der Waals surface area (Å²) in [5.74, 6) is -0.749. The summed E-state index contributed by atoms with van der Waals surface area (Å²) in [4.78, 5) is 22.6. The van der Waals surface area contributed by atoms with Gasteiger partial charge in [0.15, 0.2) is 6.10 Å². The first-order chi connectivity index (χ1) is 9.06. The Kier molecular flexibility index (Phi) is 4.76. The van der Waals surface area contributed by atoms with E-state index in [1.807, 2.05) is 6.92 Å². The van der Waals surface area contributed by atoms with Gasteiger partial charge in [0, 0.05) is 13.2 Å². The Hall–Kier alpha value is -1.14. The fourth-order valence-corrected chi connectivity index (χ4v) is 2.65. The Labute approximate surface area is 112 Å². The normalized spacial score (nSPS) is 35.0. The summed E-state index contributed by atoms with van der Waals surface area (Å²) in [5.41, 5.74) is 0. The van der Waals surface area contributed by atoms with Crippen molar-refractivity contribution >= 4 is 11.9 Å². The molecule has 0 aromatic heterocycles. The van der Waals surface area contributed by atoms with Crippen molar-refractivity contribution in [2.24, 2.45) is 5.92 Å². The molecule has 1 amide bonds. The topological polar surface area (TPSA) is 84.9 Å². The van der Waals surface area contributed by atoms with Crippen LogP contribution in [-0.4, -0.2) is 48.4 Å². The number of carboxylic acids is 1. The molecule has 2 rings (SSSR count). The first-order valence-electron chi connectivity index (χ1n) is 6.84. The molecule has 0 bridgehead atoms. The van der Waals surface area contributed by atoms with E-state index in [0.29, 0.717) is 25.3 Å². The van der Waals surface area contributed by atoms with Crippen LogP contribution in [0.5, 0.6) is 0 Å². The van der Waals surface area contributed by atoms with Crippen molar-refractivity contribution in [3.63, 3.8) is 0 Å². The number of carbonyl (C=O) groups excluding carboxylic acids is 1. The average Bonchev–Trinajstić information content (AvgIpc) is 2.86. The third-order valence-electron chi connectivity index (χ3n) is 3.75. The zero-order chi connectivity index (χ0) is 13.8. The molecule has 0 saturated carbocycles. The van der Waals surface area contributed by atoms with Crippen molar-refractivity contribution in [3.05, 3.63) is 0 Å². The quantitative estimate of drug-likeness (QED) is 0.780. The zero-order valence-electron chi connectivity index (χ0n) is 11.1. The van der Waals surface area contributed by atoms with Crippen LogP contribution in [0.25, 0.3) is 0 Å². The molecule has 19 heavy (non-hydrogen) atoms. The Morgan fingerprint density at radius 3 is 2.63 bits per heavy atom. The Morgan fingerprint density at radius 1 is 1.26 bits per heavy atom. The highest BCUT2D eigenvalue weighted by molar-refractivity contribution is 5.82. The summed E-state index contributed by atoms with van der Waals surface area (Å²) in [6.07, 6.45) is 1.58. The first kappa shape index (κ1) is 14.3. The molecule has 2 fully saturated rings. The van der Waals surface area contributed by atoms with E-state index >= 15 is 0 Å². The van der Waals surface area contributed by atoms with Gasteiger partial charge in [-0.15, -0.1) is 0 Å². The molecule has 0 aromatic rings. The van der Waals surface area contributed by atoms with Gasteiger partial charge in [-0.2, -0.15) is 0 Å². The maximum absolute atomic E-state index is 11.9. The third-order valence-corrected chi connectivity index (χ3v) is 3.75. The van der Waals surface area contributed by atoms with Gasteiger partial charge in [0.2, 0.25) is 5.91 Å². The highest BCUT2D eigenvalue weighted by Crippen LogP contribution is 2.21. The summed E-state index contributed by atoms with van der Waals surface area (Å²) in [6.45, 7) is 3.39. The average molecular weight is 271 g/mol. The van der Waals surface area contributed by atoms with Crippen LogP contribution >= 0.6 is 0 Å². The highest BCUT2D eigenvalue weighted by Gasteiger charge is 2.34. The van der Waals surface area contributed by atoms with Crippen molar-refractivity contribution in [1.82, 2.24) is 5.32 Å². The molecule has 108 valence electrons. The van der Waals surface area contributed by atoms with E-state index in [9.17, 15) is 9.59 Å². The van der Waals surface area contributed by atoms with Crippen molar-refractivity contribution < 1.29 is 24.2 Å². The smallest absolute Gasteiger partial charge is 0.332 e. The van der Waals surface area contributed by atoms with Crippen molar-refractivity contribution in [2.45, 2.75) is 50.9 Å². The van der Waals surface area contributed by atoms with Gasteiger partial charge in [0.1, 0.15) is 6.10 Å². The lowest BCUT2D eigenvalue weighted by atomic mass is 9.96. The van der Waals surface area contributed by atoms with Crippen LogP contribution in [0.15, 0.2) is 0 Å². The van der Waals surface area contributed by atoms with Crippen molar-refractivity contribution in [3.8, 4) is 0 Å². The number of nitrogens with one attached hydrogen (secondary N) is 1. The monoisotopic (exact) mass is 271 g/mol. The van der Waals surface area contributed by atoms with Crippen LogP contribution in [0.4, 0.5) is 0 Å². The molecule has 0 spiro atoms. The van der Waals surface area contributed by atoms with E-state index in [-0.39, 0.29) is 12.0 Å². The lowest BCUT2D eigenvalue weighted by molar-refractivity contribution is -0.151. The van der Waals surface area contributed by atoms with Crippen molar-refractivity contribution in [1.29, 1.82) is 0 Å². The van der Waals surface area contributed by atoms with Crippen LogP contribution in [-0.2, 0) is 19.1 Å². The van der Waals surface area contributed by atoms with Crippen molar-refractivity contribution in [2.75, 3.05) is 13.2 Å². The SMILES string of the molecule is CC1CC(CNC(=O)[C@@H]2CC[C@H](C(=O)O)O2)CCO1. The first-order valence-corrected chi connectivity index (χ1v) is 6.84. The molecule has 2 unspecified atom stereocenters.